The van der Waals surface area contributed by atoms with E-state index in [4.69, 9.17) is 5.73 Å². The second kappa shape index (κ2) is 4.86. The van der Waals surface area contributed by atoms with Crippen LogP contribution in [0.4, 0.5) is 0 Å². The van der Waals surface area contributed by atoms with E-state index in [0.29, 0.717) is 18.7 Å². The summed E-state index contributed by atoms with van der Waals surface area (Å²) >= 11 is 0. The van der Waals surface area contributed by atoms with Crippen molar-refractivity contribution < 1.29 is 19.5 Å². The number of nitrogens with zero attached hydrogens (tertiary/aromatic N) is 2. The molecular weight excluding hydrogens is 286 g/mol. The van der Waals surface area contributed by atoms with Gasteiger partial charge >= 0.3 is 5.97 Å². The van der Waals surface area contributed by atoms with Crippen molar-refractivity contribution in [1.82, 2.24) is 9.47 Å². The zero-order chi connectivity index (χ0) is 16.1. The van der Waals surface area contributed by atoms with E-state index < -0.39 is 17.3 Å². The summed E-state index contributed by atoms with van der Waals surface area (Å²) in [6.07, 6.45) is 3.88. The molecule has 0 radical (unpaired) electrons. The van der Waals surface area contributed by atoms with Crippen LogP contribution < -0.4 is 5.73 Å². The number of hydrogen-bond acceptors (Lipinski definition) is 3. The number of aromatic nitrogens is 1. The first-order valence-electron chi connectivity index (χ1n) is 7.34. The molecule has 7 nitrogen and oxygen atoms in total. The van der Waals surface area contributed by atoms with Crippen molar-refractivity contribution in [3.05, 3.63) is 23.5 Å². The lowest BCUT2D eigenvalue weighted by atomic mass is 9.81. The molecule has 2 fully saturated rings. The molecule has 1 aromatic rings. The Morgan fingerprint density at radius 2 is 2.14 bits per heavy atom. The van der Waals surface area contributed by atoms with Crippen LogP contribution in [0.25, 0.3) is 0 Å². The molecule has 7 heteroatoms. The van der Waals surface area contributed by atoms with E-state index in [1.807, 2.05) is 0 Å². The summed E-state index contributed by atoms with van der Waals surface area (Å²) in [5, 5.41) is 9.57. The summed E-state index contributed by atoms with van der Waals surface area (Å²) < 4.78 is 1.56. The number of fused-ring (bicyclic) bond motifs is 1. The molecule has 1 saturated heterocycles. The van der Waals surface area contributed by atoms with Gasteiger partial charge in [-0.1, -0.05) is 6.42 Å². The van der Waals surface area contributed by atoms with Crippen LogP contribution in [0.15, 0.2) is 12.3 Å². The molecule has 2 aliphatic rings. The third-order valence-electron chi connectivity index (χ3n) is 5.09. The molecule has 0 bridgehead atoms. The van der Waals surface area contributed by atoms with E-state index in [1.165, 1.54) is 12.3 Å². The van der Waals surface area contributed by atoms with Gasteiger partial charge in [0.1, 0.15) is 5.69 Å². The Bertz CT molecular complexity index is 666. The number of likely N-dealkylation sites (tertiary alicyclic amines) is 1. The highest BCUT2D eigenvalue weighted by molar-refractivity contribution is 5.99. The molecule has 1 aliphatic carbocycles. The lowest BCUT2D eigenvalue weighted by molar-refractivity contribution is -0.149. The average molecular weight is 305 g/mol. The second-order valence-corrected chi connectivity index (χ2v) is 6.33. The average Bonchev–Trinajstić information content (AvgIpc) is 3.08. The highest BCUT2D eigenvalue weighted by atomic mass is 16.4. The molecule has 0 spiro atoms. The van der Waals surface area contributed by atoms with E-state index in [-0.39, 0.29) is 23.9 Å². The molecule has 2 heterocycles. The zero-order valence-corrected chi connectivity index (χ0v) is 12.4. The van der Waals surface area contributed by atoms with E-state index in [2.05, 4.69) is 0 Å². The van der Waals surface area contributed by atoms with Crippen LogP contribution in [0.3, 0.4) is 0 Å². The minimum Gasteiger partial charge on any atom is -0.481 e. The van der Waals surface area contributed by atoms with E-state index in [0.717, 1.165) is 12.8 Å². The SMILES string of the molecule is Cn1cc(C(N)=O)cc1C(=O)N1C[C@@H]2CCC[C@@]2(C(=O)O)C1. The molecule has 1 saturated carbocycles. The number of aliphatic carboxylic acids is 1. The van der Waals surface area contributed by atoms with Gasteiger partial charge in [0.25, 0.3) is 5.91 Å². The maximum atomic E-state index is 12.7. The fraction of sp³-hybridized carbons (Fsp3) is 0.533. The van der Waals surface area contributed by atoms with Gasteiger partial charge in [0.15, 0.2) is 0 Å². The molecule has 1 aromatic heterocycles. The first-order valence-corrected chi connectivity index (χ1v) is 7.34. The van der Waals surface area contributed by atoms with Crippen LogP contribution in [0.1, 0.15) is 40.1 Å². The second-order valence-electron chi connectivity index (χ2n) is 6.33. The van der Waals surface area contributed by atoms with Crippen LogP contribution in [0, 0.1) is 11.3 Å². The first-order chi connectivity index (χ1) is 10.3. The Morgan fingerprint density at radius 3 is 2.68 bits per heavy atom. The van der Waals surface area contributed by atoms with E-state index >= 15 is 0 Å². The first kappa shape index (κ1) is 14.6. The Balaban J connectivity index is 1.86. The van der Waals surface area contributed by atoms with Crippen molar-refractivity contribution in [2.24, 2.45) is 24.1 Å². The van der Waals surface area contributed by atoms with E-state index in [9.17, 15) is 19.5 Å². The maximum absolute atomic E-state index is 12.7. The summed E-state index contributed by atoms with van der Waals surface area (Å²) in [4.78, 5) is 37.1. The van der Waals surface area contributed by atoms with Gasteiger partial charge in [0, 0.05) is 26.3 Å². The smallest absolute Gasteiger partial charge is 0.311 e. The molecule has 1 aliphatic heterocycles. The lowest BCUT2D eigenvalue weighted by Crippen LogP contribution is -2.37. The number of hydrogen-bond donors (Lipinski definition) is 2. The van der Waals surface area contributed by atoms with Gasteiger partial charge in [-0.2, -0.15) is 0 Å². The van der Waals surface area contributed by atoms with Crippen molar-refractivity contribution in [2.75, 3.05) is 13.1 Å². The summed E-state index contributed by atoms with van der Waals surface area (Å²) in [6.45, 7) is 0.700. The van der Waals surface area contributed by atoms with E-state index in [1.54, 1.807) is 16.5 Å². The minimum absolute atomic E-state index is 0.0184. The standard InChI is InChI=1S/C15H19N3O4/c1-17-6-9(12(16)19)5-11(17)13(20)18-7-10-3-2-4-15(10,8-18)14(21)22/h5-6,10H,2-4,7-8H2,1H3,(H2,16,19)(H,21,22)/t10-,15+/m0/s1. The van der Waals surface area contributed by atoms with Gasteiger partial charge in [-0.05, 0) is 24.8 Å². The number of amides is 2. The molecule has 2 amide bonds. The number of carbonyl (C=O) groups is 3. The third-order valence-corrected chi connectivity index (χ3v) is 5.09. The van der Waals surface area contributed by atoms with Gasteiger partial charge in [0.05, 0.1) is 11.0 Å². The number of nitrogens with two attached hydrogens (primary N) is 1. The maximum Gasteiger partial charge on any atom is 0.311 e. The normalized spacial score (nSPS) is 27.0. The van der Waals surface area contributed by atoms with Crippen LogP contribution >= 0.6 is 0 Å². The Kier molecular flexibility index (Phi) is 3.23. The summed E-state index contributed by atoms with van der Waals surface area (Å²) in [6, 6.07) is 1.46. The highest BCUT2D eigenvalue weighted by Crippen LogP contribution is 2.49. The Hall–Kier alpha value is -2.31. The quantitative estimate of drug-likeness (QED) is 0.845. The number of carboxylic acids is 1. The molecule has 3 N–H and O–H groups in total. The number of rotatable bonds is 3. The summed E-state index contributed by atoms with van der Waals surface area (Å²) in [7, 11) is 1.67. The van der Waals surface area contributed by atoms with Gasteiger partial charge in [-0.3, -0.25) is 14.4 Å². The predicted molar refractivity (Wildman–Crippen MR) is 77.2 cm³/mol. The van der Waals surface area contributed by atoms with Gasteiger partial charge in [-0.15, -0.1) is 0 Å². The molecule has 0 aromatic carbocycles. The monoisotopic (exact) mass is 305 g/mol. The number of carboxylic acid groups (broad SMARTS) is 1. The molecule has 118 valence electrons. The topological polar surface area (TPSA) is 106 Å². The van der Waals surface area contributed by atoms with Crippen molar-refractivity contribution in [2.45, 2.75) is 19.3 Å². The minimum atomic E-state index is -0.810. The van der Waals surface area contributed by atoms with Crippen molar-refractivity contribution in [3.63, 3.8) is 0 Å². The molecular formula is C15H19N3O4. The molecule has 3 rings (SSSR count). The largest absolute Gasteiger partial charge is 0.481 e. The van der Waals surface area contributed by atoms with Gasteiger partial charge < -0.3 is 20.3 Å². The van der Waals surface area contributed by atoms with Gasteiger partial charge in [0.2, 0.25) is 5.91 Å². The molecule has 0 unspecified atom stereocenters. The van der Waals surface area contributed by atoms with Crippen molar-refractivity contribution in [1.29, 1.82) is 0 Å². The van der Waals surface area contributed by atoms with Crippen LogP contribution in [0.2, 0.25) is 0 Å². The van der Waals surface area contributed by atoms with Crippen molar-refractivity contribution >= 4 is 17.8 Å². The van der Waals surface area contributed by atoms with Crippen LogP contribution in [-0.4, -0.2) is 45.4 Å². The summed E-state index contributed by atoms with van der Waals surface area (Å²) in [5.41, 5.74) is 5.06. The Labute approximate surface area is 127 Å². The summed E-state index contributed by atoms with van der Waals surface area (Å²) in [5.74, 6) is -1.63. The lowest BCUT2D eigenvalue weighted by Gasteiger charge is -2.23. The number of aryl methyl sites for hydroxylation is 1. The molecule has 22 heavy (non-hydrogen) atoms. The third kappa shape index (κ3) is 2.00. The predicted octanol–water partition coefficient (Wildman–Crippen LogP) is 0.451. The fourth-order valence-electron chi connectivity index (χ4n) is 3.87. The molecule has 2 atom stereocenters. The number of primary amides is 1. The van der Waals surface area contributed by atoms with Crippen LogP contribution in [-0.2, 0) is 11.8 Å². The Morgan fingerprint density at radius 1 is 1.41 bits per heavy atom. The van der Waals surface area contributed by atoms with Crippen molar-refractivity contribution in [3.8, 4) is 0 Å². The van der Waals surface area contributed by atoms with Crippen LogP contribution in [0.5, 0.6) is 0 Å². The number of carbonyl (C=O) groups excluding carboxylic acids is 2. The fourth-order valence-corrected chi connectivity index (χ4v) is 3.87. The highest BCUT2D eigenvalue weighted by Gasteiger charge is 2.55. The zero-order valence-electron chi connectivity index (χ0n) is 12.4. The van der Waals surface area contributed by atoms with Gasteiger partial charge in [-0.25, -0.2) is 0 Å².